The first-order chi connectivity index (χ1) is 17.7. The van der Waals surface area contributed by atoms with Crippen molar-refractivity contribution in [2.24, 2.45) is 12.0 Å². The van der Waals surface area contributed by atoms with Crippen LogP contribution in [0, 0.1) is 5.82 Å². The van der Waals surface area contributed by atoms with E-state index in [1.165, 1.54) is 18.3 Å². The van der Waals surface area contributed by atoms with Crippen LogP contribution in [-0.4, -0.2) is 56.4 Å². The number of aryl methyl sites for hydroxylation is 1. The Morgan fingerprint density at radius 3 is 2.78 bits per heavy atom. The van der Waals surface area contributed by atoms with Gasteiger partial charge in [0.2, 0.25) is 0 Å². The van der Waals surface area contributed by atoms with Crippen molar-refractivity contribution in [3.05, 3.63) is 47.8 Å². The van der Waals surface area contributed by atoms with E-state index in [-0.39, 0.29) is 32.8 Å². The summed E-state index contributed by atoms with van der Waals surface area (Å²) in [6.45, 7) is 3.40. The predicted molar refractivity (Wildman–Crippen MR) is 140 cm³/mol. The molecule has 3 aromatic rings. The quantitative estimate of drug-likeness (QED) is 0.451. The fourth-order valence-electron chi connectivity index (χ4n) is 4.45. The van der Waals surface area contributed by atoms with Gasteiger partial charge >= 0.3 is 0 Å². The molecule has 5 rings (SSSR count). The first-order valence-corrected chi connectivity index (χ1v) is 12.6. The summed E-state index contributed by atoms with van der Waals surface area (Å²) in [5.41, 5.74) is 6.67. The SMILES string of the molecule is Cn1ncc(NC(=O)c2nc(-c3ncccc3F)sc2N)c1N1CCCC(C)(NC(=O)C2=CC=N2)CC1. The maximum absolute atomic E-state index is 14.2. The van der Waals surface area contributed by atoms with E-state index in [1.807, 2.05) is 6.92 Å². The van der Waals surface area contributed by atoms with E-state index in [9.17, 15) is 14.0 Å². The zero-order chi connectivity index (χ0) is 26.2. The molecule has 0 bridgehead atoms. The number of hydrogen-bond donors (Lipinski definition) is 3. The Hall–Kier alpha value is -4.13. The number of rotatable bonds is 6. The third kappa shape index (κ3) is 4.94. The van der Waals surface area contributed by atoms with Gasteiger partial charge in [-0.2, -0.15) is 5.10 Å². The monoisotopic (exact) mass is 523 g/mol. The zero-order valence-corrected chi connectivity index (χ0v) is 21.2. The highest BCUT2D eigenvalue weighted by molar-refractivity contribution is 7.19. The molecule has 11 nitrogen and oxygen atoms in total. The number of hydrogen-bond acceptors (Lipinski definition) is 9. The number of amides is 2. The number of halogens is 1. The van der Waals surface area contributed by atoms with Crippen LogP contribution in [0.1, 0.15) is 36.7 Å². The molecule has 2 amide bonds. The summed E-state index contributed by atoms with van der Waals surface area (Å²) in [6, 6.07) is 2.75. The van der Waals surface area contributed by atoms with E-state index in [1.54, 1.807) is 30.2 Å². The van der Waals surface area contributed by atoms with Crippen molar-refractivity contribution in [2.45, 2.75) is 31.7 Å². The van der Waals surface area contributed by atoms with Gasteiger partial charge in [0.05, 0.1) is 6.20 Å². The van der Waals surface area contributed by atoms with Crippen LogP contribution < -0.4 is 21.3 Å². The third-order valence-corrected chi connectivity index (χ3v) is 7.36. The van der Waals surface area contributed by atoms with Crippen molar-refractivity contribution < 1.29 is 14.0 Å². The molecule has 2 aliphatic heterocycles. The van der Waals surface area contributed by atoms with E-state index in [2.05, 4.69) is 35.6 Å². The maximum Gasteiger partial charge on any atom is 0.277 e. The average molecular weight is 524 g/mol. The molecule has 13 heteroatoms. The fourth-order valence-corrected chi connectivity index (χ4v) is 5.28. The summed E-state index contributed by atoms with van der Waals surface area (Å²) in [6.07, 6.45) is 8.64. The highest BCUT2D eigenvalue weighted by atomic mass is 32.1. The predicted octanol–water partition coefficient (Wildman–Crippen LogP) is 2.75. The van der Waals surface area contributed by atoms with Crippen LogP contribution in [0.25, 0.3) is 10.7 Å². The second kappa shape index (κ2) is 9.73. The number of aliphatic imine (C=N–C) groups is 1. The van der Waals surface area contributed by atoms with E-state index < -0.39 is 11.7 Å². The number of nitrogens with zero attached hydrogens (tertiary/aromatic N) is 6. The standard InChI is InChI=1S/C24H26FN9O2S/c1-24(32-20(35)15-6-10-27-15)7-4-11-34(12-8-24)23-16(13-29-33(23)2)30-21(36)18-19(26)37-22(31-18)17-14(25)5-3-9-28-17/h3,5-6,9-10,13H,4,7-8,11-12,26H2,1-2H3,(H,30,36)(H,32,35). The number of carbonyl (C=O) groups excluding carboxylic acids is 2. The van der Waals surface area contributed by atoms with Crippen molar-refractivity contribution in [1.29, 1.82) is 0 Å². The Bertz CT molecular complexity index is 1430. The topological polar surface area (TPSA) is 143 Å². The van der Waals surface area contributed by atoms with Crippen LogP contribution in [0.5, 0.6) is 0 Å². The Morgan fingerprint density at radius 2 is 2.05 bits per heavy atom. The van der Waals surface area contributed by atoms with Crippen LogP contribution in [0.3, 0.4) is 0 Å². The molecule has 0 radical (unpaired) electrons. The highest BCUT2D eigenvalue weighted by Crippen LogP contribution is 2.33. The van der Waals surface area contributed by atoms with Crippen molar-refractivity contribution in [2.75, 3.05) is 29.0 Å². The van der Waals surface area contributed by atoms with Crippen LogP contribution >= 0.6 is 11.3 Å². The van der Waals surface area contributed by atoms with Crippen molar-refractivity contribution in [3.63, 3.8) is 0 Å². The number of anilines is 3. The number of pyridine rings is 1. The summed E-state index contributed by atoms with van der Waals surface area (Å²) in [5, 5.41) is 10.7. The normalized spacial score (nSPS) is 19.1. The third-order valence-electron chi connectivity index (χ3n) is 6.47. The molecule has 0 spiro atoms. The van der Waals surface area contributed by atoms with Crippen molar-refractivity contribution >= 4 is 45.9 Å². The number of allylic oxidation sites excluding steroid dienone is 1. The molecule has 3 aromatic heterocycles. The lowest BCUT2D eigenvalue weighted by Gasteiger charge is -2.30. The second-order valence-electron chi connectivity index (χ2n) is 9.21. The van der Waals surface area contributed by atoms with Gasteiger partial charge in [0.25, 0.3) is 11.8 Å². The van der Waals surface area contributed by atoms with E-state index >= 15 is 0 Å². The van der Waals surface area contributed by atoms with Crippen molar-refractivity contribution in [1.82, 2.24) is 25.1 Å². The van der Waals surface area contributed by atoms with Crippen LogP contribution in [0.2, 0.25) is 0 Å². The van der Waals surface area contributed by atoms with E-state index in [4.69, 9.17) is 5.73 Å². The molecule has 37 heavy (non-hydrogen) atoms. The summed E-state index contributed by atoms with van der Waals surface area (Å²) < 4.78 is 15.9. The molecule has 2 aliphatic rings. The van der Waals surface area contributed by atoms with Gasteiger partial charge in [-0.1, -0.05) is 11.3 Å². The molecule has 1 unspecified atom stereocenters. The van der Waals surface area contributed by atoms with Gasteiger partial charge in [0.1, 0.15) is 27.1 Å². The minimum absolute atomic E-state index is 0.000955. The zero-order valence-electron chi connectivity index (χ0n) is 20.4. The van der Waals surface area contributed by atoms with E-state index in [0.717, 1.165) is 36.5 Å². The number of nitrogens with two attached hydrogens (primary N) is 1. The van der Waals surface area contributed by atoms with Gasteiger partial charge in [0, 0.05) is 38.1 Å². The number of carbonyl (C=O) groups is 2. The molecule has 5 heterocycles. The number of aromatic nitrogens is 4. The Morgan fingerprint density at radius 1 is 1.24 bits per heavy atom. The molecular weight excluding hydrogens is 497 g/mol. The van der Waals surface area contributed by atoms with Gasteiger partial charge in [0.15, 0.2) is 17.3 Å². The number of thiazole rings is 1. The molecule has 0 aromatic carbocycles. The largest absolute Gasteiger partial charge is 0.389 e. The smallest absolute Gasteiger partial charge is 0.277 e. The number of nitrogen functional groups attached to an aromatic ring is 1. The molecule has 192 valence electrons. The van der Waals surface area contributed by atoms with Gasteiger partial charge in [-0.15, -0.1) is 0 Å². The second-order valence-corrected chi connectivity index (χ2v) is 10.2. The van der Waals surface area contributed by atoms with Crippen molar-refractivity contribution in [3.8, 4) is 10.7 Å². The fraction of sp³-hybridized carbons (Fsp3) is 0.333. The molecule has 1 fully saturated rings. The Balaban J connectivity index is 1.31. The van der Waals surface area contributed by atoms with Gasteiger partial charge < -0.3 is 21.3 Å². The van der Waals surface area contributed by atoms with Gasteiger partial charge in [-0.05, 0) is 44.4 Å². The highest BCUT2D eigenvalue weighted by Gasteiger charge is 2.32. The maximum atomic E-state index is 14.2. The van der Waals surface area contributed by atoms with E-state index in [0.29, 0.717) is 24.4 Å². The van der Waals surface area contributed by atoms with Crippen LogP contribution in [-0.2, 0) is 11.8 Å². The van der Waals surface area contributed by atoms with Gasteiger partial charge in [-0.25, -0.2) is 9.37 Å². The Kier molecular flexibility index (Phi) is 6.46. The molecule has 0 aliphatic carbocycles. The molecule has 0 saturated carbocycles. The first kappa shape index (κ1) is 24.6. The summed E-state index contributed by atoms with van der Waals surface area (Å²) in [5.74, 6) is -0.496. The molecule has 4 N–H and O–H groups in total. The first-order valence-electron chi connectivity index (χ1n) is 11.8. The minimum Gasteiger partial charge on any atom is -0.389 e. The number of nitrogens with one attached hydrogen (secondary N) is 2. The molecule has 1 saturated heterocycles. The minimum atomic E-state index is -0.542. The lowest BCUT2D eigenvalue weighted by molar-refractivity contribution is -0.119. The molecule has 1 atom stereocenters. The summed E-state index contributed by atoms with van der Waals surface area (Å²) in [7, 11) is 1.80. The lowest BCUT2D eigenvalue weighted by Crippen LogP contribution is -2.47. The average Bonchev–Trinajstić information content (AvgIpc) is 3.31. The summed E-state index contributed by atoms with van der Waals surface area (Å²) >= 11 is 0.998. The lowest BCUT2D eigenvalue weighted by atomic mass is 9.92. The Labute approximate surface area is 216 Å². The summed E-state index contributed by atoms with van der Waals surface area (Å²) in [4.78, 5) is 39.9. The van der Waals surface area contributed by atoms with Gasteiger partial charge in [-0.3, -0.25) is 24.2 Å². The van der Waals surface area contributed by atoms with Crippen LogP contribution in [0.4, 0.5) is 20.9 Å². The molecular formula is C24H26FN9O2S. The van der Waals surface area contributed by atoms with Crippen LogP contribution in [0.15, 0.2) is 41.3 Å².